The lowest BCUT2D eigenvalue weighted by molar-refractivity contribution is -0.158. The fourth-order valence-corrected chi connectivity index (χ4v) is 3.30. The lowest BCUT2D eigenvalue weighted by Gasteiger charge is -2.24. The number of thiazole rings is 1. The van der Waals surface area contributed by atoms with Crippen LogP contribution in [0.15, 0.2) is 48.5 Å². The van der Waals surface area contributed by atoms with E-state index in [-0.39, 0.29) is 18.4 Å². The zero-order chi connectivity index (χ0) is 18.6. The highest BCUT2D eigenvalue weighted by atomic mass is 35.5. The van der Waals surface area contributed by atoms with Crippen molar-refractivity contribution in [3.8, 4) is 5.75 Å². The van der Waals surface area contributed by atoms with Gasteiger partial charge in [0.1, 0.15) is 5.75 Å². The standard InChI is InChI=1S/C20H22N2O3S.ClH/c1-4-24-18(23)20(2,3)25-15-11-9-14(10-12-15)13-21-19-22-16-7-5-6-8-17(16)26-19;/h5-12H,4,13H2,1-3H3,(H,21,22);1H. The highest BCUT2D eigenvalue weighted by Gasteiger charge is 2.31. The number of anilines is 1. The van der Waals surface area contributed by atoms with E-state index < -0.39 is 5.60 Å². The number of carbonyl (C=O) groups excluding carboxylic acids is 1. The second-order valence-electron chi connectivity index (χ2n) is 6.32. The van der Waals surface area contributed by atoms with Crippen LogP contribution in [0.25, 0.3) is 10.2 Å². The summed E-state index contributed by atoms with van der Waals surface area (Å²) in [4.78, 5) is 16.5. The maximum atomic E-state index is 11.9. The Kier molecular flexibility index (Phi) is 7.05. The molecule has 0 atom stereocenters. The molecule has 0 aliphatic rings. The van der Waals surface area contributed by atoms with E-state index in [1.165, 1.54) is 4.70 Å². The van der Waals surface area contributed by atoms with Gasteiger partial charge in [-0.05, 0) is 50.6 Å². The molecule has 0 saturated carbocycles. The van der Waals surface area contributed by atoms with Gasteiger partial charge in [0.2, 0.25) is 0 Å². The summed E-state index contributed by atoms with van der Waals surface area (Å²) < 4.78 is 12.0. The summed E-state index contributed by atoms with van der Waals surface area (Å²) in [5.41, 5.74) is 1.09. The predicted octanol–water partition coefficient (Wildman–Crippen LogP) is 5.05. The number of para-hydroxylation sites is 1. The van der Waals surface area contributed by atoms with Gasteiger partial charge in [0, 0.05) is 6.54 Å². The summed E-state index contributed by atoms with van der Waals surface area (Å²) in [5, 5.41) is 4.24. The number of hydrogen-bond donors (Lipinski definition) is 1. The van der Waals surface area contributed by atoms with E-state index >= 15 is 0 Å². The third kappa shape index (κ3) is 5.34. The molecular formula is C20H23ClN2O3S. The number of nitrogens with zero attached hydrogens (tertiary/aromatic N) is 1. The van der Waals surface area contributed by atoms with Gasteiger partial charge in [-0.2, -0.15) is 0 Å². The lowest BCUT2D eigenvalue weighted by Crippen LogP contribution is -2.39. The fourth-order valence-electron chi connectivity index (χ4n) is 2.44. The van der Waals surface area contributed by atoms with E-state index in [1.807, 2.05) is 42.5 Å². The van der Waals surface area contributed by atoms with Crippen molar-refractivity contribution in [1.82, 2.24) is 4.98 Å². The van der Waals surface area contributed by atoms with E-state index in [2.05, 4.69) is 16.4 Å². The number of aromatic nitrogens is 1. The highest BCUT2D eigenvalue weighted by Crippen LogP contribution is 2.26. The quantitative estimate of drug-likeness (QED) is 0.556. The lowest BCUT2D eigenvalue weighted by atomic mass is 10.1. The smallest absolute Gasteiger partial charge is 0.349 e. The van der Waals surface area contributed by atoms with Crippen LogP contribution in [0.5, 0.6) is 5.75 Å². The Labute approximate surface area is 169 Å². The van der Waals surface area contributed by atoms with Gasteiger partial charge in [0.25, 0.3) is 0 Å². The zero-order valence-electron chi connectivity index (χ0n) is 15.5. The van der Waals surface area contributed by atoms with Crippen LogP contribution in [0.2, 0.25) is 0 Å². The van der Waals surface area contributed by atoms with Crippen LogP contribution in [-0.4, -0.2) is 23.2 Å². The number of carbonyl (C=O) groups is 1. The number of benzene rings is 2. The third-order valence-electron chi connectivity index (χ3n) is 3.80. The number of nitrogens with one attached hydrogen (secondary N) is 1. The number of halogens is 1. The van der Waals surface area contributed by atoms with Crippen LogP contribution in [-0.2, 0) is 16.1 Å². The van der Waals surface area contributed by atoms with Crippen molar-refractivity contribution >= 4 is 45.1 Å². The molecule has 0 spiro atoms. The minimum absolute atomic E-state index is 0. The summed E-state index contributed by atoms with van der Waals surface area (Å²) in [6, 6.07) is 15.7. The molecule has 0 fully saturated rings. The maximum Gasteiger partial charge on any atom is 0.349 e. The molecule has 3 rings (SSSR count). The molecule has 2 aromatic carbocycles. The molecule has 144 valence electrons. The number of hydrogen-bond acceptors (Lipinski definition) is 6. The van der Waals surface area contributed by atoms with Crippen molar-refractivity contribution in [2.45, 2.75) is 32.9 Å². The predicted molar refractivity (Wildman–Crippen MR) is 112 cm³/mol. The molecule has 0 aliphatic heterocycles. The second-order valence-corrected chi connectivity index (χ2v) is 7.35. The normalized spacial score (nSPS) is 10.9. The number of ether oxygens (including phenoxy) is 2. The molecule has 5 nitrogen and oxygen atoms in total. The van der Waals surface area contributed by atoms with Crippen molar-refractivity contribution in [1.29, 1.82) is 0 Å². The molecule has 0 saturated heterocycles. The summed E-state index contributed by atoms with van der Waals surface area (Å²) in [6.45, 7) is 6.19. The van der Waals surface area contributed by atoms with Crippen LogP contribution in [0, 0.1) is 0 Å². The summed E-state index contributed by atoms with van der Waals surface area (Å²) in [5.74, 6) is 0.258. The molecule has 0 unspecified atom stereocenters. The van der Waals surface area contributed by atoms with Crippen molar-refractivity contribution in [2.24, 2.45) is 0 Å². The molecule has 1 heterocycles. The average molecular weight is 407 g/mol. The SMILES string of the molecule is CCOC(=O)C(C)(C)Oc1ccc(CNc2nc3ccccc3s2)cc1.Cl. The molecule has 1 aromatic heterocycles. The van der Waals surface area contributed by atoms with E-state index in [1.54, 1.807) is 32.1 Å². The van der Waals surface area contributed by atoms with Crippen molar-refractivity contribution in [3.05, 3.63) is 54.1 Å². The summed E-state index contributed by atoms with van der Waals surface area (Å²) in [6.07, 6.45) is 0. The van der Waals surface area contributed by atoms with Gasteiger partial charge in [0.15, 0.2) is 10.7 Å². The van der Waals surface area contributed by atoms with Crippen molar-refractivity contribution < 1.29 is 14.3 Å². The number of fused-ring (bicyclic) bond motifs is 1. The molecule has 0 radical (unpaired) electrons. The Balaban J connectivity index is 0.00000261. The largest absolute Gasteiger partial charge is 0.476 e. The first-order chi connectivity index (χ1) is 12.5. The summed E-state index contributed by atoms with van der Waals surface area (Å²) >= 11 is 1.64. The van der Waals surface area contributed by atoms with Crippen molar-refractivity contribution in [2.75, 3.05) is 11.9 Å². The van der Waals surface area contributed by atoms with Crippen molar-refractivity contribution in [3.63, 3.8) is 0 Å². The van der Waals surface area contributed by atoms with Gasteiger partial charge in [-0.15, -0.1) is 12.4 Å². The van der Waals surface area contributed by atoms with Crippen LogP contribution >= 0.6 is 23.7 Å². The Morgan fingerprint density at radius 2 is 1.85 bits per heavy atom. The molecule has 1 N–H and O–H groups in total. The molecule has 3 aromatic rings. The highest BCUT2D eigenvalue weighted by molar-refractivity contribution is 7.22. The second kappa shape index (κ2) is 9.06. The molecule has 0 amide bonds. The molecular weight excluding hydrogens is 384 g/mol. The van der Waals surface area contributed by atoms with Gasteiger partial charge in [0.05, 0.1) is 16.8 Å². The van der Waals surface area contributed by atoms with Gasteiger partial charge in [-0.3, -0.25) is 0 Å². The molecule has 27 heavy (non-hydrogen) atoms. The minimum Gasteiger partial charge on any atom is -0.476 e. The monoisotopic (exact) mass is 406 g/mol. The Morgan fingerprint density at radius 3 is 2.52 bits per heavy atom. The fraction of sp³-hybridized carbons (Fsp3) is 0.300. The van der Waals surface area contributed by atoms with E-state index in [0.29, 0.717) is 18.9 Å². The first-order valence-electron chi connectivity index (χ1n) is 8.52. The summed E-state index contributed by atoms with van der Waals surface area (Å²) in [7, 11) is 0. The van der Waals surface area contributed by atoms with Crippen LogP contribution in [0.1, 0.15) is 26.3 Å². The number of esters is 1. The van der Waals surface area contributed by atoms with Crippen LogP contribution in [0.4, 0.5) is 5.13 Å². The first-order valence-corrected chi connectivity index (χ1v) is 9.34. The maximum absolute atomic E-state index is 11.9. The third-order valence-corrected chi connectivity index (χ3v) is 4.80. The first kappa shape index (κ1) is 21.0. The van der Waals surface area contributed by atoms with Gasteiger partial charge in [-0.25, -0.2) is 9.78 Å². The molecule has 0 bridgehead atoms. The van der Waals surface area contributed by atoms with Gasteiger partial charge >= 0.3 is 5.97 Å². The Morgan fingerprint density at radius 1 is 1.15 bits per heavy atom. The average Bonchev–Trinajstić information content (AvgIpc) is 3.04. The van der Waals surface area contributed by atoms with Crippen LogP contribution < -0.4 is 10.1 Å². The van der Waals surface area contributed by atoms with E-state index in [9.17, 15) is 4.79 Å². The van der Waals surface area contributed by atoms with E-state index in [4.69, 9.17) is 9.47 Å². The topological polar surface area (TPSA) is 60.5 Å². The van der Waals surface area contributed by atoms with Gasteiger partial charge < -0.3 is 14.8 Å². The minimum atomic E-state index is -1.02. The van der Waals surface area contributed by atoms with Gasteiger partial charge in [-0.1, -0.05) is 35.6 Å². The Hall–Kier alpha value is -2.31. The van der Waals surface area contributed by atoms with Crippen LogP contribution in [0.3, 0.4) is 0 Å². The zero-order valence-corrected chi connectivity index (χ0v) is 17.2. The van der Waals surface area contributed by atoms with E-state index in [0.717, 1.165) is 16.2 Å². The molecule has 0 aliphatic carbocycles. The Bertz CT molecular complexity index is 861. The number of rotatable bonds is 7. The molecule has 7 heteroatoms.